The zero-order valence-corrected chi connectivity index (χ0v) is 20.2. The number of nitrogens with zero attached hydrogens (tertiary/aromatic N) is 3. The van der Waals surface area contributed by atoms with Crippen molar-refractivity contribution >= 4 is 51.3 Å². The summed E-state index contributed by atoms with van der Waals surface area (Å²) >= 11 is 7.59. The Bertz CT molecular complexity index is 1070. The number of hydrogen-bond acceptors (Lipinski definition) is 9. The number of nitrogens with two attached hydrogens (primary N) is 1. The molecule has 2 aromatic heterocycles. The first-order valence-electron chi connectivity index (χ1n) is 9.57. The summed E-state index contributed by atoms with van der Waals surface area (Å²) in [5.74, 6) is 0.109. The molecule has 0 unspecified atom stereocenters. The zero-order chi connectivity index (χ0) is 24.1. The number of thiazole rings is 1. The van der Waals surface area contributed by atoms with E-state index >= 15 is 0 Å². The minimum Gasteiger partial charge on any atom is -0.483 e. The van der Waals surface area contributed by atoms with Gasteiger partial charge in [-0.05, 0) is 39.8 Å². The number of carbonyl (C=O) groups is 1. The molecular formula is C21H27ClN6O3S. The van der Waals surface area contributed by atoms with Gasteiger partial charge in [0.15, 0.2) is 17.6 Å². The van der Waals surface area contributed by atoms with E-state index in [1.165, 1.54) is 17.7 Å². The summed E-state index contributed by atoms with van der Waals surface area (Å²) in [7, 11) is 1.73. The molecule has 2 aromatic rings. The molecule has 0 fully saturated rings. The second-order valence-electron chi connectivity index (χ2n) is 7.60. The molecule has 11 heteroatoms. The predicted molar refractivity (Wildman–Crippen MR) is 129 cm³/mol. The lowest BCUT2D eigenvalue weighted by Gasteiger charge is -2.19. The van der Waals surface area contributed by atoms with Gasteiger partial charge in [-0.1, -0.05) is 29.5 Å². The van der Waals surface area contributed by atoms with Crippen LogP contribution in [0.5, 0.6) is 0 Å². The maximum Gasteiger partial charge on any atom is 0.344 e. The lowest BCUT2D eigenvalue weighted by Crippen LogP contribution is -2.26. The molecule has 0 aromatic carbocycles. The molecule has 0 saturated carbocycles. The molecular weight excluding hydrogens is 452 g/mol. The number of halogens is 1. The van der Waals surface area contributed by atoms with Gasteiger partial charge in [0, 0.05) is 17.7 Å². The summed E-state index contributed by atoms with van der Waals surface area (Å²) in [6, 6.07) is 0. The Morgan fingerprint density at radius 3 is 2.69 bits per heavy atom. The molecule has 0 aliphatic heterocycles. The summed E-state index contributed by atoms with van der Waals surface area (Å²) in [4.78, 5) is 20.6. The van der Waals surface area contributed by atoms with Gasteiger partial charge in [-0.3, -0.25) is 9.98 Å². The van der Waals surface area contributed by atoms with E-state index in [1.807, 2.05) is 0 Å². The molecule has 2 rings (SSSR count). The number of anilines is 2. The van der Waals surface area contributed by atoms with E-state index in [-0.39, 0.29) is 24.0 Å². The first-order valence-corrected chi connectivity index (χ1v) is 10.8. The Hall–Kier alpha value is -3.11. The van der Waals surface area contributed by atoms with Crippen LogP contribution in [0.2, 0.25) is 0 Å². The van der Waals surface area contributed by atoms with Crippen LogP contribution in [0.1, 0.15) is 38.3 Å². The lowest BCUT2D eigenvalue weighted by atomic mass is 10.1. The Morgan fingerprint density at radius 2 is 2.12 bits per heavy atom. The maximum absolute atomic E-state index is 11.8. The molecule has 0 spiro atoms. The van der Waals surface area contributed by atoms with Gasteiger partial charge in [-0.25, -0.2) is 14.8 Å². The fourth-order valence-electron chi connectivity index (χ4n) is 2.51. The number of hydrogen-bond donors (Lipinski definition) is 3. The first kappa shape index (κ1) is 25.2. The topological polar surface area (TPSA) is 128 Å². The van der Waals surface area contributed by atoms with Crippen LogP contribution in [-0.2, 0) is 14.3 Å². The summed E-state index contributed by atoms with van der Waals surface area (Å²) in [6.07, 6.45) is 6.33. The van der Waals surface area contributed by atoms with E-state index in [0.717, 1.165) is 0 Å². The van der Waals surface area contributed by atoms with Crippen molar-refractivity contribution in [3.63, 3.8) is 0 Å². The second kappa shape index (κ2) is 10.5. The van der Waals surface area contributed by atoms with E-state index in [1.54, 1.807) is 57.7 Å². The molecule has 9 nitrogen and oxygen atoms in total. The van der Waals surface area contributed by atoms with Crippen molar-refractivity contribution in [2.24, 2.45) is 0 Å². The van der Waals surface area contributed by atoms with Gasteiger partial charge in [-0.2, -0.15) is 0 Å². The Kier molecular flexibility index (Phi) is 8.23. The van der Waals surface area contributed by atoms with Crippen LogP contribution in [-0.4, -0.2) is 45.6 Å². The number of nitrogen functional groups attached to an aromatic ring is 1. The van der Waals surface area contributed by atoms with Crippen molar-refractivity contribution in [1.29, 1.82) is 5.41 Å². The number of nitrogens with one attached hydrogen (secondary N) is 2. The van der Waals surface area contributed by atoms with Gasteiger partial charge in [0.2, 0.25) is 0 Å². The molecule has 0 aliphatic carbocycles. The van der Waals surface area contributed by atoms with Gasteiger partial charge >= 0.3 is 5.97 Å². The highest BCUT2D eigenvalue weighted by Gasteiger charge is 2.19. The molecule has 0 bridgehead atoms. The Labute approximate surface area is 196 Å². The summed E-state index contributed by atoms with van der Waals surface area (Å²) in [5, 5.41) is 12.6. The monoisotopic (exact) mass is 478 g/mol. The van der Waals surface area contributed by atoms with E-state index in [2.05, 4.69) is 21.9 Å². The SMILES string of the molecule is C=C(/C=C\C(=C(/C)Cl)c1cncn1C(=N)c1sc(NC)nc1N)OCC(=O)OC(C)(C)C. The van der Waals surface area contributed by atoms with Crippen LogP contribution in [0, 0.1) is 5.41 Å². The molecule has 0 atom stereocenters. The summed E-state index contributed by atoms with van der Waals surface area (Å²) in [5.41, 5.74) is 6.53. The molecule has 0 saturated heterocycles. The average Bonchev–Trinajstić information content (AvgIpc) is 3.31. The van der Waals surface area contributed by atoms with Crippen molar-refractivity contribution in [2.45, 2.75) is 33.3 Å². The lowest BCUT2D eigenvalue weighted by molar-refractivity contribution is -0.158. The molecule has 4 N–H and O–H groups in total. The predicted octanol–water partition coefficient (Wildman–Crippen LogP) is 4.24. The number of allylic oxidation sites excluding steroid dienone is 4. The molecule has 2 heterocycles. The van der Waals surface area contributed by atoms with Gasteiger partial charge in [-0.15, -0.1) is 0 Å². The van der Waals surface area contributed by atoms with Crippen molar-refractivity contribution in [3.05, 3.63) is 52.6 Å². The van der Waals surface area contributed by atoms with Crippen molar-refractivity contribution in [1.82, 2.24) is 14.5 Å². The van der Waals surface area contributed by atoms with E-state index in [0.29, 0.717) is 26.3 Å². The highest BCUT2D eigenvalue weighted by Crippen LogP contribution is 2.28. The van der Waals surface area contributed by atoms with E-state index < -0.39 is 11.6 Å². The molecule has 32 heavy (non-hydrogen) atoms. The third-order valence-corrected chi connectivity index (χ3v) is 5.14. The smallest absolute Gasteiger partial charge is 0.344 e. The molecule has 0 aliphatic rings. The van der Waals surface area contributed by atoms with Gasteiger partial charge in [0.1, 0.15) is 28.4 Å². The van der Waals surface area contributed by atoms with Crippen LogP contribution >= 0.6 is 22.9 Å². The van der Waals surface area contributed by atoms with Crippen LogP contribution in [0.25, 0.3) is 5.57 Å². The number of ether oxygens (including phenoxy) is 2. The first-order chi connectivity index (χ1) is 14.9. The van der Waals surface area contributed by atoms with Crippen LogP contribution in [0.4, 0.5) is 10.9 Å². The average molecular weight is 479 g/mol. The normalized spacial score (nSPS) is 12.4. The molecule has 0 amide bonds. The number of imidazole rings is 1. The molecule has 172 valence electrons. The fourth-order valence-corrected chi connectivity index (χ4v) is 3.46. The van der Waals surface area contributed by atoms with Crippen molar-refractivity contribution in [3.8, 4) is 0 Å². The number of aromatic nitrogens is 3. The van der Waals surface area contributed by atoms with Crippen molar-refractivity contribution in [2.75, 3.05) is 24.7 Å². The quantitative estimate of drug-likeness (QED) is 0.170. The van der Waals surface area contributed by atoms with Crippen molar-refractivity contribution < 1.29 is 14.3 Å². The second-order valence-corrected chi connectivity index (χ2v) is 9.17. The van der Waals surface area contributed by atoms with E-state index in [4.69, 9.17) is 32.2 Å². The number of rotatable bonds is 8. The standard InChI is InChI=1S/C21H27ClN6O3S/c1-12(30-10-16(29)31-21(3,4)5)7-8-14(13(2)22)15-9-26-11-28(15)19(24)17-18(23)27-20(25-6)32-17/h7-9,11,24H,1,10,23H2,2-6H3,(H,25,27)/b8-7-,14-13-,24-19?. The Morgan fingerprint density at radius 1 is 1.44 bits per heavy atom. The van der Waals surface area contributed by atoms with Gasteiger partial charge < -0.3 is 20.5 Å². The minimum absolute atomic E-state index is 0.109. The number of carbonyl (C=O) groups excluding carboxylic acids is 1. The third-order valence-electron chi connectivity index (χ3n) is 3.84. The van der Waals surface area contributed by atoms with Crippen LogP contribution in [0.15, 0.2) is 42.0 Å². The highest BCUT2D eigenvalue weighted by molar-refractivity contribution is 7.18. The fraction of sp³-hybridized carbons (Fsp3) is 0.333. The highest BCUT2D eigenvalue weighted by atomic mass is 35.5. The summed E-state index contributed by atoms with van der Waals surface area (Å²) in [6.45, 7) is 10.6. The molecule has 0 radical (unpaired) electrons. The van der Waals surface area contributed by atoms with E-state index in [9.17, 15) is 4.79 Å². The van der Waals surface area contributed by atoms with Gasteiger partial charge in [0.05, 0.1) is 11.9 Å². The Balaban J connectivity index is 2.19. The summed E-state index contributed by atoms with van der Waals surface area (Å²) < 4.78 is 12.1. The largest absolute Gasteiger partial charge is 0.483 e. The van der Waals surface area contributed by atoms with Crippen LogP contribution in [0.3, 0.4) is 0 Å². The number of esters is 1. The third kappa shape index (κ3) is 6.69. The minimum atomic E-state index is -0.596. The maximum atomic E-state index is 11.8. The van der Waals surface area contributed by atoms with Gasteiger partial charge in [0.25, 0.3) is 0 Å². The zero-order valence-electron chi connectivity index (χ0n) is 18.7. The van der Waals surface area contributed by atoms with Crippen LogP contribution < -0.4 is 11.1 Å².